The van der Waals surface area contributed by atoms with Crippen molar-refractivity contribution in [3.63, 3.8) is 0 Å². The SMILES string of the molecule is C[C@H]1CC[C@H]2[C@@H](C=C[C@@H]3CO[C@@](O)(CO)C(=O)[C@@]32C)C1. The van der Waals surface area contributed by atoms with Crippen LogP contribution in [0.4, 0.5) is 0 Å². The second-order valence-electron chi connectivity index (χ2n) is 7.05. The summed E-state index contributed by atoms with van der Waals surface area (Å²) in [7, 11) is 0. The summed E-state index contributed by atoms with van der Waals surface area (Å²) in [6.07, 6.45) is 7.58. The monoisotopic (exact) mass is 280 g/mol. The largest absolute Gasteiger partial charge is 0.390 e. The Hall–Kier alpha value is -0.710. The number of ether oxygens (including phenoxy) is 1. The lowest BCUT2D eigenvalue weighted by atomic mass is 9.52. The van der Waals surface area contributed by atoms with Gasteiger partial charge in [-0.3, -0.25) is 4.79 Å². The third-order valence-corrected chi connectivity index (χ3v) is 5.85. The van der Waals surface area contributed by atoms with Gasteiger partial charge < -0.3 is 14.9 Å². The lowest BCUT2D eigenvalue weighted by Crippen LogP contribution is -2.64. The number of hydrogen-bond donors (Lipinski definition) is 2. The molecule has 0 spiro atoms. The molecular weight excluding hydrogens is 256 g/mol. The predicted molar refractivity (Wildman–Crippen MR) is 73.7 cm³/mol. The number of ketones is 1. The van der Waals surface area contributed by atoms with E-state index in [4.69, 9.17) is 4.74 Å². The van der Waals surface area contributed by atoms with Crippen LogP contribution in [0, 0.1) is 29.1 Å². The van der Waals surface area contributed by atoms with Crippen LogP contribution in [-0.2, 0) is 9.53 Å². The highest BCUT2D eigenvalue weighted by Gasteiger charge is 2.61. The summed E-state index contributed by atoms with van der Waals surface area (Å²) in [5, 5.41) is 19.6. The molecule has 4 nitrogen and oxygen atoms in total. The van der Waals surface area contributed by atoms with Gasteiger partial charge in [-0.2, -0.15) is 0 Å². The summed E-state index contributed by atoms with van der Waals surface area (Å²) in [6, 6.07) is 0. The van der Waals surface area contributed by atoms with Crippen molar-refractivity contribution in [1.29, 1.82) is 0 Å². The van der Waals surface area contributed by atoms with Gasteiger partial charge in [-0.15, -0.1) is 0 Å². The number of Topliss-reactive ketones (excluding diaryl/α,β-unsaturated/α-hetero) is 1. The van der Waals surface area contributed by atoms with Gasteiger partial charge in [0, 0.05) is 11.3 Å². The average molecular weight is 280 g/mol. The van der Waals surface area contributed by atoms with Crippen LogP contribution >= 0.6 is 0 Å². The number of rotatable bonds is 1. The van der Waals surface area contributed by atoms with Crippen molar-refractivity contribution < 1.29 is 19.7 Å². The summed E-state index contributed by atoms with van der Waals surface area (Å²) in [5.41, 5.74) is -0.616. The second-order valence-corrected chi connectivity index (χ2v) is 7.05. The molecule has 3 aliphatic rings. The molecule has 0 radical (unpaired) electrons. The Kier molecular flexibility index (Phi) is 3.31. The van der Waals surface area contributed by atoms with Gasteiger partial charge in [0.2, 0.25) is 5.78 Å². The first-order chi connectivity index (χ1) is 9.41. The normalized spacial score (nSPS) is 51.5. The van der Waals surface area contributed by atoms with Gasteiger partial charge in [0.25, 0.3) is 5.79 Å². The van der Waals surface area contributed by atoms with E-state index in [1.165, 1.54) is 0 Å². The summed E-state index contributed by atoms with van der Waals surface area (Å²) in [6.45, 7) is 3.86. The minimum atomic E-state index is -2.01. The molecule has 1 heterocycles. The van der Waals surface area contributed by atoms with E-state index in [0.29, 0.717) is 18.4 Å². The van der Waals surface area contributed by atoms with Crippen molar-refractivity contribution in [2.75, 3.05) is 13.2 Å². The Labute approximate surface area is 119 Å². The fourth-order valence-electron chi connectivity index (χ4n) is 4.53. The summed E-state index contributed by atoms with van der Waals surface area (Å²) in [4.78, 5) is 12.8. The zero-order valence-electron chi connectivity index (χ0n) is 12.2. The summed E-state index contributed by atoms with van der Waals surface area (Å²) < 4.78 is 5.27. The molecule has 1 saturated carbocycles. The molecule has 1 aliphatic heterocycles. The molecule has 0 aromatic heterocycles. The molecule has 6 atom stereocenters. The highest BCUT2D eigenvalue weighted by molar-refractivity contribution is 5.92. The number of hydrogen-bond acceptors (Lipinski definition) is 4. The van der Waals surface area contributed by atoms with Crippen molar-refractivity contribution in [3.05, 3.63) is 12.2 Å². The minimum Gasteiger partial charge on any atom is -0.390 e. The van der Waals surface area contributed by atoms with Crippen LogP contribution in [0.5, 0.6) is 0 Å². The van der Waals surface area contributed by atoms with Crippen LogP contribution in [0.2, 0.25) is 0 Å². The predicted octanol–water partition coefficient (Wildman–Crippen LogP) is 1.51. The maximum absolute atomic E-state index is 12.8. The van der Waals surface area contributed by atoms with Crippen molar-refractivity contribution in [3.8, 4) is 0 Å². The molecular formula is C16H24O4. The molecule has 2 N–H and O–H groups in total. The van der Waals surface area contributed by atoms with Crippen molar-refractivity contribution in [2.24, 2.45) is 29.1 Å². The fourth-order valence-corrected chi connectivity index (χ4v) is 4.53. The van der Waals surface area contributed by atoms with E-state index in [0.717, 1.165) is 19.3 Å². The smallest absolute Gasteiger partial charge is 0.251 e. The van der Waals surface area contributed by atoms with E-state index in [1.54, 1.807) is 0 Å². The van der Waals surface area contributed by atoms with E-state index in [9.17, 15) is 15.0 Å². The first-order valence-corrected chi connectivity index (χ1v) is 7.62. The molecule has 3 rings (SSSR count). The van der Waals surface area contributed by atoms with Crippen molar-refractivity contribution in [1.82, 2.24) is 0 Å². The minimum absolute atomic E-state index is 0.0106. The first-order valence-electron chi connectivity index (χ1n) is 7.62. The number of fused-ring (bicyclic) bond motifs is 3. The lowest BCUT2D eigenvalue weighted by Gasteiger charge is -2.54. The van der Waals surface area contributed by atoms with Crippen LogP contribution in [0.1, 0.15) is 33.1 Å². The molecule has 0 aromatic carbocycles. The lowest BCUT2D eigenvalue weighted by molar-refractivity contribution is -0.257. The van der Waals surface area contributed by atoms with E-state index >= 15 is 0 Å². The molecule has 112 valence electrons. The van der Waals surface area contributed by atoms with E-state index in [-0.39, 0.29) is 17.6 Å². The van der Waals surface area contributed by atoms with Crippen LogP contribution in [0.15, 0.2) is 12.2 Å². The van der Waals surface area contributed by atoms with Gasteiger partial charge >= 0.3 is 0 Å². The zero-order chi connectivity index (χ0) is 14.5. The van der Waals surface area contributed by atoms with E-state index in [2.05, 4.69) is 19.1 Å². The maximum atomic E-state index is 12.8. The number of carbonyl (C=O) groups excluding carboxylic acids is 1. The second kappa shape index (κ2) is 4.65. The fraction of sp³-hybridized carbons (Fsp3) is 0.812. The molecule has 1 saturated heterocycles. The molecule has 0 aromatic rings. The van der Waals surface area contributed by atoms with Crippen LogP contribution in [-0.4, -0.2) is 35.0 Å². The maximum Gasteiger partial charge on any atom is 0.251 e. The van der Waals surface area contributed by atoms with E-state index < -0.39 is 17.8 Å². The molecule has 2 aliphatic carbocycles. The molecule has 4 heteroatoms. The Bertz CT molecular complexity index is 446. The van der Waals surface area contributed by atoms with Crippen molar-refractivity contribution >= 4 is 5.78 Å². The van der Waals surface area contributed by atoms with Crippen LogP contribution in [0.25, 0.3) is 0 Å². The molecule has 20 heavy (non-hydrogen) atoms. The van der Waals surface area contributed by atoms with Gasteiger partial charge in [-0.1, -0.05) is 32.4 Å². The Morgan fingerprint density at radius 2 is 2.15 bits per heavy atom. The Morgan fingerprint density at radius 3 is 2.85 bits per heavy atom. The third kappa shape index (κ3) is 1.81. The Morgan fingerprint density at radius 1 is 1.40 bits per heavy atom. The van der Waals surface area contributed by atoms with Gasteiger partial charge in [-0.05, 0) is 30.6 Å². The van der Waals surface area contributed by atoms with E-state index in [1.807, 2.05) is 6.92 Å². The van der Waals surface area contributed by atoms with Gasteiger partial charge in [0.15, 0.2) is 0 Å². The van der Waals surface area contributed by atoms with Crippen molar-refractivity contribution in [2.45, 2.75) is 38.9 Å². The first kappa shape index (κ1) is 14.2. The zero-order valence-corrected chi connectivity index (χ0v) is 12.2. The number of aliphatic hydroxyl groups is 2. The molecule has 0 bridgehead atoms. The highest BCUT2D eigenvalue weighted by Crippen LogP contribution is 2.55. The summed E-state index contributed by atoms with van der Waals surface area (Å²) >= 11 is 0. The highest BCUT2D eigenvalue weighted by atomic mass is 16.6. The standard InChI is InChI=1S/C16H24O4/c1-10-3-6-13-11(7-10)4-5-12-8-20-16(19,9-17)14(18)15(12,13)2/h4-5,10-13,17,19H,3,6-9H2,1-2H3/t10-,11-,12+,13-,15-,16-/m0/s1. The molecule has 2 fully saturated rings. The number of carbonyl (C=O) groups is 1. The molecule has 0 amide bonds. The molecule has 0 unspecified atom stereocenters. The summed E-state index contributed by atoms with van der Waals surface area (Å²) in [5.74, 6) is -0.987. The van der Waals surface area contributed by atoms with Gasteiger partial charge in [-0.25, -0.2) is 0 Å². The third-order valence-electron chi connectivity index (χ3n) is 5.85. The Balaban J connectivity index is 1.98. The van der Waals surface area contributed by atoms with Crippen LogP contribution in [0.3, 0.4) is 0 Å². The number of aliphatic hydroxyl groups excluding tert-OH is 1. The average Bonchev–Trinajstić information content (AvgIpc) is 2.44. The van der Waals surface area contributed by atoms with Gasteiger partial charge in [0.1, 0.15) is 6.61 Å². The topological polar surface area (TPSA) is 66.8 Å². The number of allylic oxidation sites excluding steroid dienone is 1. The van der Waals surface area contributed by atoms with Gasteiger partial charge in [0.05, 0.1) is 6.61 Å². The van der Waals surface area contributed by atoms with Crippen LogP contribution < -0.4 is 0 Å². The quantitative estimate of drug-likeness (QED) is 0.715.